The van der Waals surface area contributed by atoms with Gasteiger partial charge in [0, 0.05) is 11.4 Å². The highest BCUT2D eigenvalue weighted by molar-refractivity contribution is 7.14. The van der Waals surface area contributed by atoms with Crippen LogP contribution in [0.15, 0.2) is 6.07 Å². The van der Waals surface area contributed by atoms with Crippen LogP contribution in [0.4, 0.5) is 0 Å². The number of aliphatic carboxylic acids is 1. The number of amides is 1. The van der Waals surface area contributed by atoms with Gasteiger partial charge in [0.25, 0.3) is 5.91 Å². The number of carboxylic acid groups (broad SMARTS) is 1. The van der Waals surface area contributed by atoms with Crippen molar-refractivity contribution in [1.29, 1.82) is 0 Å². The van der Waals surface area contributed by atoms with E-state index in [4.69, 9.17) is 0 Å². The highest BCUT2D eigenvalue weighted by Crippen LogP contribution is 2.29. The fourth-order valence-electron chi connectivity index (χ4n) is 2.84. The first-order valence-corrected chi connectivity index (χ1v) is 7.90. The number of carboxylic acids is 1. The fraction of sp³-hybridized carbons (Fsp3) is 0.600. The van der Waals surface area contributed by atoms with Crippen molar-refractivity contribution in [1.82, 2.24) is 4.90 Å². The average molecular weight is 295 g/mol. The van der Waals surface area contributed by atoms with Crippen LogP contribution < -0.4 is 0 Å². The van der Waals surface area contributed by atoms with E-state index in [1.807, 2.05) is 19.9 Å². The SMILES string of the molecule is CCCc1cc(C(=O)N2CCC(C)C2C(=O)O)sc1C. The molecule has 1 aromatic heterocycles. The summed E-state index contributed by atoms with van der Waals surface area (Å²) >= 11 is 1.48. The van der Waals surface area contributed by atoms with Crippen LogP contribution in [-0.4, -0.2) is 34.5 Å². The second-order valence-corrected chi connectivity index (χ2v) is 6.75. The Hall–Kier alpha value is -1.36. The Morgan fingerprint density at radius 3 is 2.80 bits per heavy atom. The summed E-state index contributed by atoms with van der Waals surface area (Å²) in [6.07, 6.45) is 2.77. The molecule has 4 nitrogen and oxygen atoms in total. The molecule has 2 rings (SSSR count). The lowest BCUT2D eigenvalue weighted by atomic mass is 10.0. The standard InChI is InChI=1S/C15H21NO3S/c1-4-5-11-8-12(20-10(11)3)14(17)16-7-6-9(2)13(16)15(18)19/h8-9,13H,4-7H2,1-3H3,(H,18,19). The quantitative estimate of drug-likeness (QED) is 0.929. The molecule has 1 aliphatic heterocycles. The van der Waals surface area contributed by atoms with Crippen molar-refractivity contribution in [2.24, 2.45) is 5.92 Å². The van der Waals surface area contributed by atoms with Gasteiger partial charge in [-0.15, -0.1) is 11.3 Å². The van der Waals surface area contributed by atoms with E-state index >= 15 is 0 Å². The lowest BCUT2D eigenvalue weighted by molar-refractivity contribution is -0.142. The van der Waals surface area contributed by atoms with E-state index in [2.05, 4.69) is 6.92 Å². The van der Waals surface area contributed by atoms with Crippen LogP contribution >= 0.6 is 11.3 Å². The van der Waals surface area contributed by atoms with Crippen molar-refractivity contribution in [2.75, 3.05) is 6.54 Å². The van der Waals surface area contributed by atoms with Crippen LogP contribution in [0, 0.1) is 12.8 Å². The Labute approximate surface area is 123 Å². The smallest absolute Gasteiger partial charge is 0.326 e. The molecular formula is C15H21NO3S. The van der Waals surface area contributed by atoms with Gasteiger partial charge in [-0.2, -0.15) is 0 Å². The van der Waals surface area contributed by atoms with Crippen molar-refractivity contribution < 1.29 is 14.7 Å². The molecular weight excluding hydrogens is 274 g/mol. The molecule has 0 radical (unpaired) electrons. The molecule has 1 aliphatic rings. The Morgan fingerprint density at radius 2 is 2.20 bits per heavy atom. The number of thiophene rings is 1. The minimum atomic E-state index is -0.898. The number of carbonyl (C=O) groups excluding carboxylic acids is 1. The monoisotopic (exact) mass is 295 g/mol. The van der Waals surface area contributed by atoms with Crippen molar-refractivity contribution in [3.63, 3.8) is 0 Å². The van der Waals surface area contributed by atoms with Crippen molar-refractivity contribution in [2.45, 2.75) is 46.1 Å². The number of rotatable bonds is 4. The van der Waals surface area contributed by atoms with E-state index in [9.17, 15) is 14.7 Å². The number of carbonyl (C=O) groups is 2. The number of nitrogens with zero attached hydrogens (tertiary/aromatic N) is 1. The van der Waals surface area contributed by atoms with Crippen LogP contribution in [0.5, 0.6) is 0 Å². The van der Waals surface area contributed by atoms with Gasteiger partial charge >= 0.3 is 5.97 Å². The molecule has 2 unspecified atom stereocenters. The van der Waals surface area contributed by atoms with Gasteiger partial charge in [-0.25, -0.2) is 4.79 Å². The maximum atomic E-state index is 12.6. The Bertz CT molecular complexity index is 523. The highest BCUT2D eigenvalue weighted by atomic mass is 32.1. The summed E-state index contributed by atoms with van der Waals surface area (Å²) in [7, 11) is 0. The van der Waals surface area contributed by atoms with E-state index < -0.39 is 12.0 Å². The third kappa shape index (κ3) is 2.73. The molecule has 20 heavy (non-hydrogen) atoms. The molecule has 2 heterocycles. The summed E-state index contributed by atoms with van der Waals surface area (Å²) in [6, 6.07) is 1.26. The molecule has 0 saturated carbocycles. The number of hydrogen-bond acceptors (Lipinski definition) is 3. The molecule has 1 N–H and O–H groups in total. The minimum Gasteiger partial charge on any atom is -0.480 e. The van der Waals surface area contributed by atoms with E-state index in [1.165, 1.54) is 21.8 Å². The van der Waals surface area contributed by atoms with Gasteiger partial charge in [0.15, 0.2) is 0 Å². The molecule has 5 heteroatoms. The van der Waals surface area contributed by atoms with Crippen LogP contribution in [0.25, 0.3) is 0 Å². The molecule has 0 aliphatic carbocycles. The molecule has 1 saturated heterocycles. The third-order valence-corrected chi connectivity index (χ3v) is 5.05. The van der Waals surface area contributed by atoms with E-state index in [0.29, 0.717) is 11.4 Å². The Kier molecular flexibility index (Phi) is 4.48. The third-order valence-electron chi connectivity index (χ3n) is 3.96. The van der Waals surface area contributed by atoms with Gasteiger partial charge in [0.2, 0.25) is 0 Å². The molecule has 1 amide bonds. The lowest BCUT2D eigenvalue weighted by Crippen LogP contribution is -2.42. The highest BCUT2D eigenvalue weighted by Gasteiger charge is 2.40. The van der Waals surface area contributed by atoms with Crippen molar-refractivity contribution >= 4 is 23.2 Å². The van der Waals surface area contributed by atoms with Gasteiger partial charge < -0.3 is 10.0 Å². The lowest BCUT2D eigenvalue weighted by Gasteiger charge is -2.22. The largest absolute Gasteiger partial charge is 0.480 e. The van der Waals surface area contributed by atoms with Crippen LogP contribution in [0.2, 0.25) is 0 Å². The maximum Gasteiger partial charge on any atom is 0.326 e. The normalized spacial score (nSPS) is 22.2. The summed E-state index contributed by atoms with van der Waals surface area (Å²) in [5.74, 6) is -1.00. The molecule has 0 spiro atoms. The fourth-order valence-corrected chi connectivity index (χ4v) is 3.86. The summed E-state index contributed by atoms with van der Waals surface area (Å²) in [5.41, 5.74) is 1.21. The first kappa shape index (κ1) is 15.0. The molecule has 110 valence electrons. The van der Waals surface area contributed by atoms with Gasteiger partial charge in [0.1, 0.15) is 6.04 Å². The van der Waals surface area contributed by atoms with Crippen LogP contribution in [0.3, 0.4) is 0 Å². The Balaban J connectivity index is 2.22. The topological polar surface area (TPSA) is 57.6 Å². The predicted octanol–water partition coefficient (Wildman–Crippen LogP) is 2.94. The minimum absolute atomic E-state index is 0.0209. The molecule has 0 aromatic carbocycles. The van der Waals surface area contributed by atoms with Crippen LogP contribution in [-0.2, 0) is 11.2 Å². The number of hydrogen-bond donors (Lipinski definition) is 1. The second kappa shape index (κ2) is 5.95. The van der Waals surface area contributed by atoms with Gasteiger partial charge in [-0.1, -0.05) is 20.3 Å². The molecule has 1 fully saturated rings. The van der Waals surface area contributed by atoms with E-state index in [-0.39, 0.29) is 11.8 Å². The first-order chi connectivity index (χ1) is 9.45. The predicted molar refractivity (Wildman–Crippen MR) is 79.3 cm³/mol. The number of likely N-dealkylation sites (tertiary alicyclic amines) is 1. The summed E-state index contributed by atoms with van der Waals surface area (Å²) in [5, 5.41) is 9.30. The summed E-state index contributed by atoms with van der Waals surface area (Å²) < 4.78 is 0. The van der Waals surface area contributed by atoms with Crippen LogP contribution in [0.1, 0.15) is 46.8 Å². The second-order valence-electron chi connectivity index (χ2n) is 5.49. The summed E-state index contributed by atoms with van der Waals surface area (Å²) in [6.45, 7) is 6.57. The zero-order valence-corrected chi connectivity index (χ0v) is 13.0. The van der Waals surface area contributed by atoms with E-state index in [1.54, 1.807) is 0 Å². The Morgan fingerprint density at radius 1 is 1.50 bits per heavy atom. The molecule has 0 bridgehead atoms. The summed E-state index contributed by atoms with van der Waals surface area (Å²) in [4.78, 5) is 27.2. The van der Waals surface area contributed by atoms with Gasteiger partial charge in [0.05, 0.1) is 4.88 Å². The van der Waals surface area contributed by atoms with Crippen molar-refractivity contribution in [3.05, 3.63) is 21.4 Å². The van der Waals surface area contributed by atoms with E-state index in [0.717, 1.165) is 24.1 Å². The maximum absolute atomic E-state index is 12.6. The zero-order valence-electron chi connectivity index (χ0n) is 12.2. The zero-order chi connectivity index (χ0) is 14.9. The number of aryl methyl sites for hydroxylation is 2. The molecule has 1 aromatic rings. The first-order valence-electron chi connectivity index (χ1n) is 7.08. The van der Waals surface area contributed by atoms with Gasteiger partial charge in [-0.3, -0.25) is 4.79 Å². The average Bonchev–Trinajstić information content (AvgIpc) is 2.93. The molecule has 2 atom stereocenters. The van der Waals surface area contributed by atoms with Crippen molar-refractivity contribution in [3.8, 4) is 0 Å². The van der Waals surface area contributed by atoms with Gasteiger partial charge in [-0.05, 0) is 37.3 Å².